The first-order valence-corrected chi connectivity index (χ1v) is 7.98. The molecule has 2 aromatic rings. The number of carbonyl (C=O) groups excluding carboxylic acids is 2. The number of halogens is 2. The minimum absolute atomic E-state index is 0.0192. The number of nitrogens with one attached hydrogen (secondary N) is 2. The summed E-state index contributed by atoms with van der Waals surface area (Å²) in [6.07, 6.45) is 0.138. The van der Waals surface area contributed by atoms with E-state index in [4.69, 9.17) is 4.74 Å². The third-order valence-electron chi connectivity index (χ3n) is 2.95. The van der Waals surface area contributed by atoms with Gasteiger partial charge in [-0.3, -0.25) is 9.59 Å². The topological polar surface area (TPSA) is 67.4 Å². The molecule has 2 rings (SSSR count). The zero-order valence-corrected chi connectivity index (χ0v) is 14.5. The summed E-state index contributed by atoms with van der Waals surface area (Å²) in [5.74, 6) is -0.571. The molecular formula is C17H16BrFN2O3. The van der Waals surface area contributed by atoms with E-state index in [0.717, 1.165) is 4.47 Å². The van der Waals surface area contributed by atoms with E-state index in [2.05, 4.69) is 26.6 Å². The van der Waals surface area contributed by atoms with Crippen molar-refractivity contribution < 1.29 is 18.7 Å². The van der Waals surface area contributed by atoms with Gasteiger partial charge in [-0.25, -0.2) is 4.39 Å². The first kappa shape index (κ1) is 17.9. The Balaban J connectivity index is 1.87. The molecule has 0 aromatic heterocycles. The Morgan fingerprint density at radius 1 is 1.17 bits per heavy atom. The second-order valence-corrected chi connectivity index (χ2v) is 5.90. The van der Waals surface area contributed by atoms with Gasteiger partial charge in [0.1, 0.15) is 11.6 Å². The van der Waals surface area contributed by atoms with Gasteiger partial charge in [-0.15, -0.1) is 0 Å². The maximum absolute atomic E-state index is 13.5. The molecule has 0 aliphatic rings. The van der Waals surface area contributed by atoms with Crippen molar-refractivity contribution in [3.05, 3.63) is 52.8 Å². The fourth-order valence-corrected chi connectivity index (χ4v) is 2.31. The van der Waals surface area contributed by atoms with Crippen LogP contribution in [0.5, 0.6) is 5.75 Å². The van der Waals surface area contributed by atoms with Crippen LogP contribution in [0.1, 0.15) is 13.3 Å². The minimum Gasteiger partial charge on any atom is -0.493 e. The molecule has 0 fully saturated rings. The van der Waals surface area contributed by atoms with Crippen LogP contribution in [0.4, 0.5) is 15.8 Å². The van der Waals surface area contributed by atoms with Gasteiger partial charge in [-0.05, 0) is 36.4 Å². The summed E-state index contributed by atoms with van der Waals surface area (Å²) in [5, 5.41) is 5.00. The van der Waals surface area contributed by atoms with Gasteiger partial charge in [0.25, 0.3) is 0 Å². The summed E-state index contributed by atoms with van der Waals surface area (Å²) in [7, 11) is 0. The smallest absolute Gasteiger partial charge is 0.227 e. The minimum atomic E-state index is -0.568. The van der Waals surface area contributed by atoms with Crippen LogP contribution in [-0.4, -0.2) is 18.4 Å². The molecule has 5 nitrogen and oxygen atoms in total. The molecule has 2 aromatic carbocycles. The number of ether oxygens (including phenoxy) is 1. The predicted octanol–water partition coefficient (Wildman–Crippen LogP) is 3.95. The van der Waals surface area contributed by atoms with Gasteiger partial charge in [0, 0.05) is 17.1 Å². The van der Waals surface area contributed by atoms with Gasteiger partial charge < -0.3 is 15.4 Å². The van der Waals surface area contributed by atoms with Gasteiger partial charge >= 0.3 is 0 Å². The molecule has 0 radical (unpaired) electrons. The summed E-state index contributed by atoms with van der Waals surface area (Å²) in [6.45, 7) is 1.49. The van der Waals surface area contributed by atoms with Crippen molar-refractivity contribution in [3.8, 4) is 5.75 Å². The highest BCUT2D eigenvalue weighted by Crippen LogP contribution is 2.20. The summed E-state index contributed by atoms with van der Waals surface area (Å²) in [4.78, 5) is 22.9. The third-order valence-corrected chi connectivity index (χ3v) is 3.45. The van der Waals surface area contributed by atoms with Gasteiger partial charge in [-0.2, -0.15) is 0 Å². The van der Waals surface area contributed by atoms with Gasteiger partial charge in [0.05, 0.1) is 18.7 Å². The van der Waals surface area contributed by atoms with Crippen molar-refractivity contribution >= 4 is 39.1 Å². The Morgan fingerprint density at radius 2 is 1.96 bits per heavy atom. The van der Waals surface area contributed by atoms with Crippen molar-refractivity contribution in [3.63, 3.8) is 0 Å². The van der Waals surface area contributed by atoms with Crippen LogP contribution in [-0.2, 0) is 9.59 Å². The Bertz CT molecular complexity index is 752. The molecular weight excluding hydrogens is 379 g/mol. The number of benzene rings is 2. The van der Waals surface area contributed by atoms with Gasteiger partial charge in [0.15, 0.2) is 0 Å². The van der Waals surface area contributed by atoms with Crippen LogP contribution in [0.3, 0.4) is 0 Å². The van der Waals surface area contributed by atoms with Crippen molar-refractivity contribution in [1.29, 1.82) is 0 Å². The summed E-state index contributed by atoms with van der Waals surface area (Å²) in [6, 6.07) is 11.3. The molecule has 0 unspecified atom stereocenters. The third kappa shape index (κ3) is 5.66. The molecule has 0 saturated carbocycles. The summed E-state index contributed by atoms with van der Waals surface area (Å²) in [5.41, 5.74) is 0.415. The first-order chi connectivity index (χ1) is 11.4. The highest BCUT2D eigenvalue weighted by molar-refractivity contribution is 9.10. The average molecular weight is 395 g/mol. The van der Waals surface area contributed by atoms with E-state index in [-0.39, 0.29) is 30.5 Å². The monoisotopic (exact) mass is 394 g/mol. The quantitative estimate of drug-likeness (QED) is 0.778. The van der Waals surface area contributed by atoms with Crippen LogP contribution in [0, 0.1) is 5.82 Å². The molecule has 126 valence electrons. The number of amides is 2. The highest BCUT2D eigenvalue weighted by Gasteiger charge is 2.08. The second kappa shape index (κ2) is 8.44. The SMILES string of the molecule is CC(=O)Nc1cc(NC(=O)CCOc2cccc(Br)c2)ccc1F. The van der Waals surface area contributed by atoms with Gasteiger partial charge in [-0.1, -0.05) is 22.0 Å². The Kier molecular flexibility index (Phi) is 6.31. The lowest BCUT2D eigenvalue weighted by Crippen LogP contribution is -2.16. The van der Waals surface area contributed by atoms with E-state index in [9.17, 15) is 14.0 Å². The lowest BCUT2D eigenvalue weighted by Gasteiger charge is -2.10. The molecule has 2 amide bonds. The first-order valence-electron chi connectivity index (χ1n) is 7.19. The molecule has 0 heterocycles. The van der Waals surface area contributed by atoms with E-state index in [1.165, 1.54) is 25.1 Å². The zero-order chi connectivity index (χ0) is 17.5. The molecule has 0 saturated heterocycles. The van der Waals surface area contributed by atoms with E-state index in [1.54, 1.807) is 12.1 Å². The highest BCUT2D eigenvalue weighted by atomic mass is 79.9. The van der Waals surface area contributed by atoms with Crippen molar-refractivity contribution in [2.24, 2.45) is 0 Å². The summed E-state index contributed by atoms with van der Waals surface area (Å²) >= 11 is 3.34. The fourth-order valence-electron chi connectivity index (χ4n) is 1.93. The van der Waals surface area contributed by atoms with Crippen molar-refractivity contribution in [1.82, 2.24) is 0 Å². The second-order valence-electron chi connectivity index (χ2n) is 4.98. The van der Waals surface area contributed by atoms with E-state index >= 15 is 0 Å². The van der Waals surface area contributed by atoms with E-state index < -0.39 is 5.82 Å². The number of hydrogen-bond acceptors (Lipinski definition) is 3. The molecule has 7 heteroatoms. The predicted molar refractivity (Wildman–Crippen MR) is 93.6 cm³/mol. The van der Waals surface area contributed by atoms with Crippen LogP contribution in [0.25, 0.3) is 0 Å². The fraction of sp³-hybridized carbons (Fsp3) is 0.176. The molecule has 0 spiro atoms. The van der Waals surface area contributed by atoms with Crippen LogP contribution >= 0.6 is 15.9 Å². The zero-order valence-electron chi connectivity index (χ0n) is 12.9. The van der Waals surface area contributed by atoms with E-state index in [1.807, 2.05) is 12.1 Å². The Hall–Kier alpha value is -2.41. The number of carbonyl (C=O) groups is 2. The summed E-state index contributed by atoms with van der Waals surface area (Å²) < 4.78 is 19.9. The average Bonchev–Trinajstić information content (AvgIpc) is 2.50. The molecule has 24 heavy (non-hydrogen) atoms. The maximum atomic E-state index is 13.5. The molecule has 0 bridgehead atoms. The number of hydrogen-bond donors (Lipinski definition) is 2. The molecule has 0 aliphatic carbocycles. The molecule has 2 N–H and O–H groups in total. The maximum Gasteiger partial charge on any atom is 0.227 e. The standard InChI is InChI=1S/C17H16BrFN2O3/c1-11(22)20-16-10-13(5-6-15(16)19)21-17(23)7-8-24-14-4-2-3-12(18)9-14/h2-6,9-10H,7-8H2,1H3,(H,20,22)(H,21,23). The van der Waals surface area contributed by atoms with Gasteiger partial charge in [0.2, 0.25) is 11.8 Å². The molecule has 0 aliphatic heterocycles. The van der Waals surface area contributed by atoms with Crippen LogP contribution in [0.15, 0.2) is 46.9 Å². The molecule has 0 atom stereocenters. The van der Waals surface area contributed by atoms with Crippen molar-refractivity contribution in [2.75, 3.05) is 17.2 Å². The van der Waals surface area contributed by atoms with Crippen LogP contribution in [0.2, 0.25) is 0 Å². The lowest BCUT2D eigenvalue weighted by molar-refractivity contribution is -0.116. The Labute approximate surface area is 147 Å². The van der Waals surface area contributed by atoms with Crippen molar-refractivity contribution in [2.45, 2.75) is 13.3 Å². The largest absolute Gasteiger partial charge is 0.493 e. The van der Waals surface area contributed by atoms with Crippen LogP contribution < -0.4 is 15.4 Å². The van der Waals surface area contributed by atoms with E-state index in [0.29, 0.717) is 11.4 Å². The number of rotatable bonds is 6. The lowest BCUT2D eigenvalue weighted by atomic mass is 10.2. The Morgan fingerprint density at radius 3 is 2.67 bits per heavy atom. The number of anilines is 2. The normalized spacial score (nSPS) is 10.1.